The van der Waals surface area contributed by atoms with E-state index in [4.69, 9.17) is 4.42 Å². The number of hydrogen-bond acceptors (Lipinski definition) is 5. The van der Waals surface area contributed by atoms with Gasteiger partial charge in [0.25, 0.3) is 15.9 Å². The number of sulfonamides is 1. The van der Waals surface area contributed by atoms with Crippen LogP contribution in [0.2, 0.25) is 0 Å². The van der Waals surface area contributed by atoms with Crippen molar-refractivity contribution in [3.63, 3.8) is 0 Å². The maximum absolute atomic E-state index is 13.3. The zero-order valence-corrected chi connectivity index (χ0v) is 17.3. The van der Waals surface area contributed by atoms with Crippen LogP contribution in [0.25, 0.3) is 11.5 Å². The number of hydrogen-bond donors (Lipinski definition) is 2. The minimum Gasteiger partial charge on any atom is -0.420 e. The molecule has 0 amide bonds. The quantitative estimate of drug-likeness (QED) is 0.662. The molecule has 1 aliphatic rings. The maximum atomic E-state index is 13.3. The number of aromatic nitrogens is 3. The predicted molar refractivity (Wildman–Crippen MR) is 107 cm³/mol. The molecule has 4 rings (SSSR count). The minimum absolute atomic E-state index is 0.148. The second-order valence-corrected chi connectivity index (χ2v) is 9.20. The average Bonchev–Trinajstić information content (AvgIpc) is 3.13. The van der Waals surface area contributed by atoms with Crippen molar-refractivity contribution in [2.75, 3.05) is 4.72 Å². The molecular weight excluding hydrogens is 376 g/mol. The first-order chi connectivity index (χ1) is 13.3. The highest BCUT2D eigenvalue weighted by atomic mass is 32.2. The van der Waals surface area contributed by atoms with Gasteiger partial charge in [-0.1, -0.05) is 18.6 Å². The van der Waals surface area contributed by atoms with Gasteiger partial charge in [-0.25, -0.2) is 8.42 Å². The molecule has 1 fully saturated rings. The van der Waals surface area contributed by atoms with E-state index in [1.54, 1.807) is 6.92 Å². The fourth-order valence-electron chi connectivity index (χ4n) is 3.55. The molecule has 0 atom stereocenters. The largest absolute Gasteiger partial charge is 0.420 e. The van der Waals surface area contributed by atoms with Crippen molar-refractivity contribution in [2.24, 2.45) is 0 Å². The SMILES string of the molecule is Cc1ccc(C)c(NS(=O)(=O)c2c(C)[nH]c(C)c2-c2nnc(C3CCC3)o2)c1. The Morgan fingerprint density at radius 2 is 1.86 bits per heavy atom. The molecule has 1 aliphatic carbocycles. The zero-order valence-electron chi connectivity index (χ0n) is 16.5. The number of aryl methyl sites for hydroxylation is 4. The van der Waals surface area contributed by atoms with E-state index in [1.165, 1.54) is 0 Å². The summed E-state index contributed by atoms with van der Waals surface area (Å²) in [5.41, 5.74) is 4.05. The summed E-state index contributed by atoms with van der Waals surface area (Å²) in [7, 11) is -3.85. The van der Waals surface area contributed by atoms with Crippen molar-refractivity contribution in [1.29, 1.82) is 0 Å². The van der Waals surface area contributed by atoms with Gasteiger partial charge in [0.2, 0.25) is 5.89 Å². The molecule has 0 saturated heterocycles. The lowest BCUT2D eigenvalue weighted by molar-refractivity contribution is 0.338. The van der Waals surface area contributed by atoms with Crippen molar-refractivity contribution in [1.82, 2.24) is 15.2 Å². The van der Waals surface area contributed by atoms with Crippen LogP contribution >= 0.6 is 0 Å². The maximum Gasteiger partial charge on any atom is 0.264 e. The van der Waals surface area contributed by atoms with Crippen LogP contribution in [0.15, 0.2) is 27.5 Å². The normalized spacial score (nSPS) is 14.9. The minimum atomic E-state index is -3.85. The van der Waals surface area contributed by atoms with Gasteiger partial charge in [0.1, 0.15) is 4.90 Å². The lowest BCUT2D eigenvalue weighted by Gasteiger charge is -2.20. The highest BCUT2D eigenvalue weighted by molar-refractivity contribution is 7.93. The third kappa shape index (κ3) is 3.22. The lowest BCUT2D eigenvalue weighted by atomic mass is 9.85. The summed E-state index contributed by atoms with van der Waals surface area (Å²) in [6.45, 7) is 7.34. The standard InChI is InChI=1S/C20H24N4O3S/c1-11-8-9-12(2)16(10-11)24-28(25,26)18-14(4)21-13(3)17(18)20-23-22-19(27-20)15-6-5-7-15/h8-10,15,21,24H,5-7H2,1-4H3. The fourth-order valence-corrected chi connectivity index (χ4v) is 5.12. The smallest absolute Gasteiger partial charge is 0.264 e. The van der Waals surface area contributed by atoms with Gasteiger partial charge in [0, 0.05) is 17.3 Å². The van der Waals surface area contributed by atoms with Gasteiger partial charge in [0.15, 0.2) is 0 Å². The Morgan fingerprint density at radius 3 is 2.54 bits per heavy atom. The van der Waals surface area contributed by atoms with Crippen LogP contribution in [0.5, 0.6) is 0 Å². The average molecular weight is 401 g/mol. The summed E-state index contributed by atoms with van der Waals surface area (Å²) < 4.78 is 35.1. The monoisotopic (exact) mass is 400 g/mol. The highest BCUT2D eigenvalue weighted by Gasteiger charge is 2.31. The second-order valence-electron chi connectivity index (χ2n) is 7.58. The molecule has 0 aliphatic heterocycles. The summed E-state index contributed by atoms with van der Waals surface area (Å²) in [6, 6.07) is 5.67. The van der Waals surface area contributed by atoms with Crippen LogP contribution < -0.4 is 4.72 Å². The molecule has 3 aromatic rings. The molecule has 7 nitrogen and oxygen atoms in total. The molecular formula is C20H24N4O3S. The van der Waals surface area contributed by atoms with Crippen LogP contribution in [-0.2, 0) is 10.0 Å². The predicted octanol–water partition coefficient (Wildman–Crippen LogP) is 4.37. The van der Waals surface area contributed by atoms with Gasteiger partial charge in [-0.3, -0.25) is 4.72 Å². The van der Waals surface area contributed by atoms with E-state index in [1.807, 2.05) is 39.0 Å². The summed E-state index contributed by atoms with van der Waals surface area (Å²) in [6.07, 6.45) is 3.22. The van der Waals surface area contributed by atoms with Crippen LogP contribution in [0.1, 0.15) is 53.6 Å². The Bertz CT molecular complexity index is 1140. The molecule has 1 saturated carbocycles. The molecule has 0 spiro atoms. The topological polar surface area (TPSA) is 101 Å². The number of nitrogens with zero attached hydrogens (tertiary/aromatic N) is 2. The van der Waals surface area contributed by atoms with Crippen LogP contribution in [0.3, 0.4) is 0 Å². The van der Waals surface area contributed by atoms with E-state index in [0.29, 0.717) is 28.5 Å². The molecule has 1 aromatic carbocycles. The first kappa shape index (κ1) is 18.7. The van der Waals surface area contributed by atoms with Gasteiger partial charge < -0.3 is 9.40 Å². The molecule has 2 N–H and O–H groups in total. The third-order valence-corrected chi connectivity index (χ3v) is 6.87. The van der Waals surface area contributed by atoms with Crippen molar-refractivity contribution in [3.05, 3.63) is 46.6 Å². The molecule has 2 heterocycles. The molecule has 8 heteroatoms. The fraction of sp³-hybridized carbons (Fsp3) is 0.400. The van der Waals surface area contributed by atoms with Crippen LogP contribution in [0.4, 0.5) is 5.69 Å². The highest BCUT2D eigenvalue weighted by Crippen LogP contribution is 2.39. The number of nitrogens with one attached hydrogen (secondary N) is 2. The summed E-state index contributed by atoms with van der Waals surface area (Å²) in [4.78, 5) is 3.26. The van der Waals surface area contributed by atoms with E-state index in [0.717, 1.165) is 30.4 Å². The number of benzene rings is 1. The first-order valence-corrected chi connectivity index (χ1v) is 10.9. The van der Waals surface area contributed by atoms with Crippen LogP contribution in [0, 0.1) is 27.7 Å². The zero-order chi connectivity index (χ0) is 20.1. The summed E-state index contributed by atoms with van der Waals surface area (Å²) in [5.74, 6) is 1.12. The van der Waals surface area contributed by atoms with Crippen molar-refractivity contribution < 1.29 is 12.8 Å². The Morgan fingerprint density at radius 1 is 1.11 bits per heavy atom. The molecule has 0 bridgehead atoms. The summed E-state index contributed by atoms with van der Waals surface area (Å²) >= 11 is 0. The molecule has 28 heavy (non-hydrogen) atoms. The number of H-pyrrole nitrogens is 1. The second kappa shape index (κ2) is 6.77. The molecule has 148 valence electrons. The van der Waals surface area contributed by atoms with E-state index in [2.05, 4.69) is 19.9 Å². The van der Waals surface area contributed by atoms with E-state index in [9.17, 15) is 8.42 Å². The summed E-state index contributed by atoms with van der Waals surface area (Å²) in [5, 5.41) is 8.30. The Balaban J connectivity index is 1.77. The van der Waals surface area contributed by atoms with Crippen molar-refractivity contribution in [2.45, 2.75) is 57.8 Å². The number of rotatable bonds is 5. The molecule has 0 radical (unpaired) electrons. The van der Waals surface area contributed by atoms with E-state index < -0.39 is 10.0 Å². The van der Waals surface area contributed by atoms with Crippen molar-refractivity contribution in [3.8, 4) is 11.5 Å². The van der Waals surface area contributed by atoms with Gasteiger partial charge >= 0.3 is 0 Å². The van der Waals surface area contributed by atoms with Crippen LogP contribution in [-0.4, -0.2) is 23.6 Å². The van der Waals surface area contributed by atoms with E-state index >= 15 is 0 Å². The molecule has 2 aromatic heterocycles. The Kier molecular flexibility index (Phi) is 4.53. The van der Waals surface area contributed by atoms with Gasteiger partial charge in [0.05, 0.1) is 11.3 Å². The van der Waals surface area contributed by atoms with Gasteiger partial charge in [-0.05, 0) is 57.7 Å². The van der Waals surface area contributed by atoms with Crippen molar-refractivity contribution >= 4 is 15.7 Å². The Hall–Kier alpha value is -2.61. The van der Waals surface area contributed by atoms with Gasteiger partial charge in [-0.15, -0.1) is 10.2 Å². The Labute approximate surface area is 164 Å². The third-order valence-electron chi connectivity index (χ3n) is 5.33. The number of anilines is 1. The first-order valence-electron chi connectivity index (χ1n) is 9.39. The van der Waals surface area contributed by atoms with E-state index in [-0.39, 0.29) is 16.7 Å². The molecule has 0 unspecified atom stereocenters. The number of aromatic amines is 1. The van der Waals surface area contributed by atoms with Gasteiger partial charge in [-0.2, -0.15) is 0 Å². The lowest BCUT2D eigenvalue weighted by Crippen LogP contribution is -2.15.